The van der Waals surface area contributed by atoms with Crippen LogP contribution in [0.2, 0.25) is 0 Å². The molecular weight excluding hydrogens is 346 g/mol. The highest BCUT2D eigenvalue weighted by atomic mass is 32.3. The van der Waals surface area contributed by atoms with E-state index in [1.165, 1.54) is 4.90 Å². The summed E-state index contributed by atoms with van der Waals surface area (Å²) in [7, 11) is -4.80. The molecule has 2 N–H and O–H groups in total. The van der Waals surface area contributed by atoms with Crippen molar-refractivity contribution in [2.45, 2.75) is 37.8 Å². The Bertz CT molecular complexity index is 651. The number of hydroxylamine groups is 2. The zero-order valence-electron chi connectivity index (χ0n) is 12.6. The third kappa shape index (κ3) is 3.57. The van der Waals surface area contributed by atoms with Gasteiger partial charge in [0.25, 0.3) is 0 Å². The van der Waals surface area contributed by atoms with Crippen molar-refractivity contribution in [3.8, 4) is 0 Å². The number of fused-ring (bicyclic) bond motifs is 2. The normalized spacial score (nSPS) is 26.5. The summed E-state index contributed by atoms with van der Waals surface area (Å²) in [4.78, 5) is 36.2. The van der Waals surface area contributed by atoms with Crippen LogP contribution in [-0.4, -0.2) is 65.2 Å². The van der Waals surface area contributed by atoms with Crippen LogP contribution in [-0.2, 0) is 19.5 Å². The SMILES string of the molecule is O=NN(C[C@@H]1CC[C@@H]2CN1C(=O)N2OS(=O)(=O)O)NC(=O)C1CC1. The van der Waals surface area contributed by atoms with Crippen LogP contribution >= 0.6 is 0 Å². The average molecular weight is 363 g/mol. The quantitative estimate of drug-likeness (QED) is 0.346. The fraction of sp³-hybridized carbons (Fsp3) is 0.818. The molecule has 2 atom stereocenters. The standard InChI is InChI=1S/C11H17N5O7S/c17-10(7-1-2-7)12-15(13-19)6-8-3-4-9-5-14(8)11(18)16(9)23-24(20,21)22/h7-9H,1-6H2,(H,12,17)(H,20,21,22)/t8-,9+/m0/s1. The number of nitrogens with zero attached hydrogens (tertiary/aromatic N) is 4. The number of hydrazine groups is 1. The van der Waals surface area contributed by atoms with Gasteiger partial charge in [0.05, 0.1) is 23.9 Å². The molecule has 3 aliphatic rings. The van der Waals surface area contributed by atoms with Gasteiger partial charge in [0, 0.05) is 12.5 Å². The second-order valence-corrected chi connectivity index (χ2v) is 7.07. The molecule has 1 saturated carbocycles. The highest BCUT2D eigenvalue weighted by Crippen LogP contribution is 2.31. The van der Waals surface area contributed by atoms with E-state index in [1.54, 1.807) is 0 Å². The Kier molecular flexibility index (Phi) is 4.31. The molecule has 2 aliphatic heterocycles. The molecular formula is C11H17N5O7S. The van der Waals surface area contributed by atoms with Gasteiger partial charge in [0.1, 0.15) is 0 Å². The summed E-state index contributed by atoms with van der Waals surface area (Å²) in [5.41, 5.74) is 2.39. The number of urea groups is 1. The van der Waals surface area contributed by atoms with E-state index in [9.17, 15) is 22.9 Å². The summed E-state index contributed by atoms with van der Waals surface area (Å²) >= 11 is 0. The summed E-state index contributed by atoms with van der Waals surface area (Å²) in [5.74, 6) is -0.385. The van der Waals surface area contributed by atoms with Gasteiger partial charge < -0.3 is 4.90 Å². The molecule has 0 spiro atoms. The maximum absolute atomic E-state index is 12.2. The summed E-state index contributed by atoms with van der Waals surface area (Å²) in [6.07, 6.45) is 2.44. The number of carbonyl (C=O) groups is 2. The van der Waals surface area contributed by atoms with Gasteiger partial charge in [0.15, 0.2) is 0 Å². The molecule has 0 radical (unpaired) electrons. The van der Waals surface area contributed by atoms with E-state index in [1.807, 2.05) is 0 Å². The van der Waals surface area contributed by atoms with Crippen LogP contribution in [0.1, 0.15) is 25.7 Å². The van der Waals surface area contributed by atoms with Crippen molar-refractivity contribution >= 4 is 22.3 Å². The van der Waals surface area contributed by atoms with Crippen molar-refractivity contribution in [3.63, 3.8) is 0 Å². The number of hydrogen-bond donors (Lipinski definition) is 2. The highest BCUT2D eigenvalue weighted by Gasteiger charge is 2.47. The monoisotopic (exact) mass is 363 g/mol. The van der Waals surface area contributed by atoms with Crippen molar-refractivity contribution in [3.05, 3.63) is 4.91 Å². The van der Waals surface area contributed by atoms with E-state index in [-0.39, 0.29) is 24.9 Å². The molecule has 0 aromatic rings. The van der Waals surface area contributed by atoms with Gasteiger partial charge >= 0.3 is 16.4 Å². The largest absolute Gasteiger partial charge is 0.418 e. The second kappa shape index (κ2) is 6.14. The van der Waals surface area contributed by atoms with E-state index < -0.39 is 28.5 Å². The third-order valence-corrected chi connectivity index (χ3v) is 4.64. The van der Waals surface area contributed by atoms with Gasteiger partial charge in [-0.05, 0) is 25.7 Å². The van der Waals surface area contributed by atoms with E-state index in [0.717, 1.165) is 18.0 Å². The molecule has 1 aliphatic carbocycles. The molecule has 3 amide bonds. The minimum absolute atomic E-state index is 0.0138. The highest BCUT2D eigenvalue weighted by molar-refractivity contribution is 7.80. The smallest absolute Gasteiger partial charge is 0.316 e. The van der Waals surface area contributed by atoms with Crippen molar-refractivity contribution in [2.24, 2.45) is 11.2 Å². The molecule has 2 heterocycles. The predicted octanol–water partition coefficient (Wildman–Crippen LogP) is -0.586. The van der Waals surface area contributed by atoms with Gasteiger partial charge in [-0.2, -0.15) is 18.6 Å². The summed E-state index contributed by atoms with van der Waals surface area (Å²) in [6, 6.07) is -1.67. The second-order valence-electron chi connectivity index (χ2n) is 6.06. The Morgan fingerprint density at radius 1 is 1.38 bits per heavy atom. The average Bonchev–Trinajstić information content (AvgIpc) is 3.32. The van der Waals surface area contributed by atoms with Crippen molar-refractivity contribution in [1.82, 2.24) is 20.5 Å². The first-order valence-electron chi connectivity index (χ1n) is 7.46. The lowest BCUT2D eigenvalue weighted by molar-refractivity contribution is -0.127. The van der Waals surface area contributed by atoms with Crippen molar-refractivity contribution in [2.75, 3.05) is 13.1 Å². The summed E-state index contributed by atoms with van der Waals surface area (Å²) in [5, 5.41) is 4.23. The first kappa shape index (κ1) is 16.9. The molecule has 2 bridgehead atoms. The first-order chi connectivity index (χ1) is 11.3. The minimum atomic E-state index is -4.80. The van der Waals surface area contributed by atoms with Crippen LogP contribution in [0.5, 0.6) is 0 Å². The van der Waals surface area contributed by atoms with Crippen molar-refractivity contribution in [1.29, 1.82) is 0 Å². The molecule has 0 aromatic heterocycles. The molecule has 24 heavy (non-hydrogen) atoms. The lowest BCUT2D eigenvalue weighted by Crippen LogP contribution is -2.50. The van der Waals surface area contributed by atoms with Gasteiger partial charge in [-0.3, -0.25) is 9.35 Å². The Balaban J connectivity index is 1.62. The fourth-order valence-corrected chi connectivity index (χ4v) is 3.35. The molecule has 0 unspecified atom stereocenters. The zero-order chi connectivity index (χ0) is 17.5. The van der Waals surface area contributed by atoms with Gasteiger partial charge in [-0.1, -0.05) is 0 Å². The molecule has 0 aromatic carbocycles. The molecule has 12 nitrogen and oxygen atoms in total. The van der Waals surface area contributed by atoms with Crippen molar-refractivity contribution < 1.29 is 26.8 Å². The van der Waals surface area contributed by atoms with E-state index in [4.69, 9.17) is 4.55 Å². The van der Waals surface area contributed by atoms with Gasteiger partial charge in [-0.15, -0.1) is 9.19 Å². The third-order valence-electron chi connectivity index (χ3n) is 4.29. The lowest BCUT2D eigenvalue weighted by atomic mass is 10.0. The number of nitrogens with one attached hydrogen (secondary N) is 1. The van der Waals surface area contributed by atoms with Crippen LogP contribution in [0, 0.1) is 10.8 Å². The minimum Gasteiger partial charge on any atom is -0.316 e. The van der Waals surface area contributed by atoms with Crippen LogP contribution in [0.3, 0.4) is 0 Å². The number of hydrogen-bond acceptors (Lipinski definition) is 7. The van der Waals surface area contributed by atoms with Crippen LogP contribution in [0.25, 0.3) is 0 Å². The van der Waals surface area contributed by atoms with E-state index >= 15 is 0 Å². The number of nitroso groups, excluding NO2 is 1. The molecule has 3 fully saturated rings. The Morgan fingerprint density at radius 3 is 2.67 bits per heavy atom. The summed E-state index contributed by atoms with van der Waals surface area (Å²) < 4.78 is 34.7. The fourth-order valence-electron chi connectivity index (χ4n) is 2.96. The Hall–Kier alpha value is -1.99. The first-order valence-corrected chi connectivity index (χ1v) is 8.83. The number of amides is 3. The zero-order valence-corrected chi connectivity index (χ0v) is 13.4. The Labute approximate surface area is 137 Å². The van der Waals surface area contributed by atoms with Crippen LogP contribution in [0.4, 0.5) is 4.79 Å². The van der Waals surface area contributed by atoms with Gasteiger partial charge in [-0.25, -0.2) is 10.2 Å². The van der Waals surface area contributed by atoms with E-state index in [2.05, 4.69) is 15.0 Å². The topological polar surface area (TPSA) is 149 Å². The number of piperidine rings is 1. The molecule has 13 heteroatoms. The molecule has 3 rings (SSSR count). The van der Waals surface area contributed by atoms with Crippen LogP contribution < -0.4 is 5.43 Å². The predicted molar refractivity (Wildman–Crippen MR) is 76.8 cm³/mol. The number of rotatable bonds is 7. The van der Waals surface area contributed by atoms with E-state index in [0.29, 0.717) is 17.9 Å². The Morgan fingerprint density at radius 2 is 2.08 bits per heavy atom. The molecule has 134 valence electrons. The van der Waals surface area contributed by atoms with Crippen LogP contribution in [0.15, 0.2) is 5.29 Å². The van der Waals surface area contributed by atoms with Gasteiger partial charge in [0.2, 0.25) is 5.91 Å². The maximum atomic E-state index is 12.2. The maximum Gasteiger partial charge on any atom is 0.418 e. The number of carbonyl (C=O) groups excluding carboxylic acids is 2. The summed E-state index contributed by atoms with van der Waals surface area (Å²) in [6.45, 7) is 0.183. The molecule has 2 saturated heterocycles. The lowest BCUT2D eigenvalue weighted by Gasteiger charge is -2.32.